The zero-order chi connectivity index (χ0) is 22.8. The van der Waals surface area contributed by atoms with Crippen molar-refractivity contribution < 1.29 is 19.1 Å². The molecule has 1 amide bonds. The average Bonchev–Trinajstić information content (AvgIpc) is 3.46. The number of nitrogens with zero attached hydrogens (tertiary/aromatic N) is 1. The lowest BCUT2D eigenvalue weighted by molar-refractivity contribution is -0.115. The maximum atomic E-state index is 12.6. The third-order valence-corrected chi connectivity index (χ3v) is 7.29. The van der Waals surface area contributed by atoms with Crippen LogP contribution in [0.2, 0.25) is 0 Å². The van der Waals surface area contributed by atoms with E-state index in [9.17, 15) is 9.59 Å². The SMILES string of the molecule is Cc1ccccc1NC(=O)Cc1nc(COC(=O)c2cc3c(s2)-c2ccccc2OC3)cs1. The minimum atomic E-state index is -0.390. The molecule has 166 valence electrons. The molecule has 0 spiro atoms. The quantitative estimate of drug-likeness (QED) is 0.366. The number of benzene rings is 2. The zero-order valence-electron chi connectivity index (χ0n) is 17.8. The molecule has 0 fully saturated rings. The number of ether oxygens (including phenoxy) is 2. The predicted octanol–water partition coefficient (Wildman–Crippen LogP) is 5.61. The first-order valence-corrected chi connectivity index (χ1v) is 12.1. The Morgan fingerprint density at radius 2 is 1.97 bits per heavy atom. The molecule has 0 radical (unpaired) electrons. The Bertz CT molecular complexity index is 1340. The van der Waals surface area contributed by atoms with Crippen LogP contribution in [0.1, 0.15) is 31.5 Å². The lowest BCUT2D eigenvalue weighted by atomic mass is 10.1. The lowest BCUT2D eigenvalue weighted by Gasteiger charge is -2.16. The van der Waals surface area contributed by atoms with Crippen molar-refractivity contribution >= 4 is 40.2 Å². The number of esters is 1. The number of hydrogen-bond donors (Lipinski definition) is 1. The summed E-state index contributed by atoms with van der Waals surface area (Å²) < 4.78 is 11.2. The molecular formula is C25H20N2O4S2. The van der Waals surface area contributed by atoms with Crippen LogP contribution in [-0.2, 0) is 29.2 Å². The van der Waals surface area contributed by atoms with E-state index in [1.54, 1.807) is 0 Å². The smallest absolute Gasteiger partial charge is 0.348 e. The Morgan fingerprint density at radius 1 is 1.15 bits per heavy atom. The molecule has 0 unspecified atom stereocenters. The Hall–Kier alpha value is -3.49. The first kappa shape index (κ1) is 21.4. The van der Waals surface area contributed by atoms with Crippen molar-refractivity contribution in [2.45, 2.75) is 26.6 Å². The van der Waals surface area contributed by atoms with E-state index in [4.69, 9.17) is 9.47 Å². The number of carbonyl (C=O) groups is 2. The molecule has 0 saturated carbocycles. The van der Waals surface area contributed by atoms with E-state index >= 15 is 0 Å². The number of thiazole rings is 1. The summed E-state index contributed by atoms with van der Waals surface area (Å²) in [4.78, 5) is 31.0. The molecule has 0 bridgehead atoms. The average molecular weight is 477 g/mol. The number of aryl methyl sites for hydroxylation is 1. The summed E-state index contributed by atoms with van der Waals surface area (Å²) in [5, 5.41) is 5.39. The van der Waals surface area contributed by atoms with Crippen LogP contribution < -0.4 is 10.1 Å². The van der Waals surface area contributed by atoms with Gasteiger partial charge in [0.05, 0.1) is 12.1 Å². The van der Waals surface area contributed by atoms with Gasteiger partial charge in [-0.25, -0.2) is 9.78 Å². The number of amides is 1. The number of carbonyl (C=O) groups excluding carboxylic acids is 2. The van der Waals surface area contributed by atoms with Gasteiger partial charge in [0.15, 0.2) is 0 Å². The lowest BCUT2D eigenvalue weighted by Crippen LogP contribution is -2.15. The van der Waals surface area contributed by atoms with Crippen LogP contribution in [0.15, 0.2) is 60.0 Å². The number of aromatic nitrogens is 1. The number of thiophene rings is 1. The van der Waals surface area contributed by atoms with Gasteiger partial charge in [0.2, 0.25) is 5.91 Å². The number of fused-ring (bicyclic) bond motifs is 3. The predicted molar refractivity (Wildman–Crippen MR) is 129 cm³/mol. The molecule has 1 N–H and O–H groups in total. The number of hydrogen-bond acceptors (Lipinski definition) is 7. The summed E-state index contributed by atoms with van der Waals surface area (Å²) >= 11 is 2.79. The van der Waals surface area contributed by atoms with Crippen LogP contribution in [0.4, 0.5) is 5.69 Å². The van der Waals surface area contributed by atoms with Gasteiger partial charge in [-0.3, -0.25) is 4.79 Å². The summed E-state index contributed by atoms with van der Waals surface area (Å²) in [6, 6.07) is 17.3. The molecule has 5 rings (SSSR count). The molecule has 1 aliphatic rings. The topological polar surface area (TPSA) is 77.5 Å². The minimum absolute atomic E-state index is 0.0599. The summed E-state index contributed by atoms with van der Waals surface area (Å²) in [5.74, 6) is 0.306. The van der Waals surface area contributed by atoms with Crippen LogP contribution >= 0.6 is 22.7 Å². The number of anilines is 1. The third-order valence-electron chi connectivity index (χ3n) is 5.21. The van der Waals surface area contributed by atoms with E-state index in [0.29, 0.717) is 22.2 Å². The minimum Gasteiger partial charge on any atom is -0.488 e. The fourth-order valence-corrected chi connectivity index (χ4v) is 5.42. The van der Waals surface area contributed by atoms with Gasteiger partial charge in [-0.1, -0.05) is 30.3 Å². The molecule has 0 saturated heterocycles. The van der Waals surface area contributed by atoms with E-state index in [1.807, 2.05) is 66.9 Å². The number of para-hydroxylation sites is 2. The maximum Gasteiger partial charge on any atom is 0.348 e. The largest absolute Gasteiger partial charge is 0.488 e. The monoisotopic (exact) mass is 476 g/mol. The highest BCUT2D eigenvalue weighted by Crippen LogP contribution is 2.42. The van der Waals surface area contributed by atoms with Crippen LogP contribution in [-0.4, -0.2) is 16.9 Å². The van der Waals surface area contributed by atoms with Gasteiger partial charge in [-0.2, -0.15) is 0 Å². The van der Waals surface area contributed by atoms with E-state index in [0.717, 1.165) is 33.0 Å². The van der Waals surface area contributed by atoms with Gasteiger partial charge in [0.25, 0.3) is 0 Å². The highest BCUT2D eigenvalue weighted by molar-refractivity contribution is 7.17. The highest BCUT2D eigenvalue weighted by Gasteiger charge is 2.23. The molecule has 0 aliphatic carbocycles. The van der Waals surface area contributed by atoms with Crippen LogP contribution in [0, 0.1) is 6.92 Å². The first-order chi connectivity index (χ1) is 16.1. The van der Waals surface area contributed by atoms with E-state index in [-0.39, 0.29) is 18.9 Å². The van der Waals surface area contributed by atoms with Crippen molar-refractivity contribution in [3.05, 3.63) is 86.7 Å². The fourth-order valence-electron chi connectivity index (χ4n) is 3.55. The van der Waals surface area contributed by atoms with Gasteiger partial charge in [-0.05, 0) is 36.8 Å². The van der Waals surface area contributed by atoms with Crippen LogP contribution in [0.25, 0.3) is 10.4 Å². The Labute approximate surface area is 198 Å². The van der Waals surface area contributed by atoms with Crippen LogP contribution in [0.3, 0.4) is 0 Å². The molecule has 1 aliphatic heterocycles. The van der Waals surface area contributed by atoms with Crippen molar-refractivity contribution in [3.8, 4) is 16.2 Å². The van der Waals surface area contributed by atoms with Gasteiger partial charge in [-0.15, -0.1) is 22.7 Å². The van der Waals surface area contributed by atoms with Gasteiger partial charge >= 0.3 is 5.97 Å². The molecule has 2 aromatic heterocycles. The molecule has 4 aromatic rings. The second-order valence-corrected chi connectivity index (χ2v) is 9.59. The number of nitrogens with one attached hydrogen (secondary N) is 1. The van der Waals surface area contributed by atoms with E-state index < -0.39 is 5.97 Å². The van der Waals surface area contributed by atoms with Crippen molar-refractivity contribution in [1.82, 2.24) is 4.98 Å². The van der Waals surface area contributed by atoms with Crippen molar-refractivity contribution in [1.29, 1.82) is 0 Å². The standard InChI is InChI=1S/C25H20N2O4S2/c1-15-6-2-4-8-19(15)27-22(28)11-23-26-17(14-32-23)13-31-25(29)21-10-16-12-30-20-9-5-3-7-18(20)24(16)33-21/h2-10,14H,11-13H2,1H3,(H,27,28). The van der Waals surface area contributed by atoms with E-state index in [1.165, 1.54) is 22.7 Å². The molecular weight excluding hydrogens is 456 g/mol. The molecule has 3 heterocycles. The molecule has 6 nitrogen and oxygen atoms in total. The normalized spacial score (nSPS) is 11.8. The van der Waals surface area contributed by atoms with Crippen LogP contribution in [0.5, 0.6) is 5.75 Å². The zero-order valence-corrected chi connectivity index (χ0v) is 19.4. The van der Waals surface area contributed by atoms with Gasteiger partial charge < -0.3 is 14.8 Å². The summed E-state index contributed by atoms with van der Waals surface area (Å²) in [5.41, 5.74) is 4.40. The fraction of sp³-hybridized carbons (Fsp3) is 0.160. The molecule has 8 heteroatoms. The third kappa shape index (κ3) is 4.67. The Balaban J connectivity index is 1.18. The Morgan fingerprint density at radius 3 is 2.85 bits per heavy atom. The molecule has 0 atom stereocenters. The van der Waals surface area contributed by atoms with E-state index in [2.05, 4.69) is 10.3 Å². The summed E-state index contributed by atoms with van der Waals surface area (Å²) in [6.45, 7) is 2.45. The van der Waals surface area contributed by atoms with Crippen molar-refractivity contribution in [2.24, 2.45) is 0 Å². The second kappa shape index (κ2) is 9.17. The summed E-state index contributed by atoms with van der Waals surface area (Å²) in [7, 11) is 0. The summed E-state index contributed by atoms with van der Waals surface area (Å²) in [6.07, 6.45) is 0.171. The van der Waals surface area contributed by atoms with Gasteiger partial charge in [0.1, 0.15) is 28.8 Å². The highest BCUT2D eigenvalue weighted by atomic mass is 32.1. The second-order valence-electron chi connectivity index (χ2n) is 7.60. The van der Waals surface area contributed by atoms with Crippen molar-refractivity contribution in [3.63, 3.8) is 0 Å². The first-order valence-electron chi connectivity index (χ1n) is 10.4. The number of rotatable bonds is 6. The van der Waals surface area contributed by atoms with Gasteiger partial charge in [0, 0.05) is 27.1 Å². The Kier molecular flexibility index (Phi) is 5.93. The van der Waals surface area contributed by atoms with Crippen molar-refractivity contribution in [2.75, 3.05) is 5.32 Å². The molecule has 33 heavy (non-hydrogen) atoms. The maximum absolute atomic E-state index is 12.6. The molecule has 2 aromatic carbocycles.